The Labute approximate surface area is 131 Å². The lowest BCUT2D eigenvalue weighted by molar-refractivity contribution is -0.153. The monoisotopic (exact) mass is 304 g/mol. The standard InChI is InChI=1S/C18H24O4/c1-3-21-17(20)15-12(2)11-14-13(16(15)19)7-10-18(22-14)8-5-4-6-9-18/h7,10,12,15H,3-6,8-9,11H2,1-2H3. The van der Waals surface area contributed by atoms with Gasteiger partial charge in [-0.25, -0.2) is 0 Å². The van der Waals surface area contributed by atoms with Gasteiger partial charge in [-0.1, -0.05) is 13.3 Å². The van der Waals surface area contributed by atoms with Gasteiger partial charge in [0.15, 0.2) is 5.78 Å². The fourth-order valence-corrected chi connectivity index (χ4v) is 3.86. The molecule has 2 unspecified atom stereocenters. The molecule has 3 aliphatic rings. The summed E-state index contributed by atoms with van der Waals surface area (Å²) in [4.78, 5) is 24.7. The second kappa shape index (κ2) is 5.90. The van der Waals surface area contributed by atoms with Gasteiger partial charge in [0, 0.05) is 6.42 Å². The van der Waals surface area contributed by atoms with Gasteiger partial charge in [-0.3, -0.25) is 9.59 Å². The number of carbonyl (C=O) groups is 2. The van der Waals surface area contributed by atoms with E-state index < -0.39 is 11.9 Å². The molecule has 0 amide bonds. The topological polar surface area (TPSA) is 52.6 Å². The summed E-state index contributed by atoms with van der Waals surface area (Å²) in [6, 6.07) is 0. The second-order valence-electron chi connectivity index (χ2n) is 6.67. The molecule has 0 bridgehead atoms. The highest BCUT2D eigenvalue weighted by atomic mass is 16.5. The van der Waals surface area contributed by atoms with Crippen LogP contribution in [0.2, 0.25) is 0 Å². The third-order valence-electron chi connectivity index (χ3n) is 5.05. The average Bonchev–Trinajstić information content (AvgIpc) is 2.48. The molecule has 3 rings (SSSR count). The Kier molecular flexibility index (Phi) is 4.11. The molecule has 120 valence electrons. The average molecular weight is 304 g/mol. The first-order chi connectivity index (χ1) is 10.6. The smallest absolute Gasteiger partial charge is 0.317 e. The number of Topliss-reactive ketones (excluding diaryl/α,β-unsaturated/α-hetero) is 1. The van der Waals surface area contributed by atoms with E-state index >= 15 is 0 Å². The summed E-state index contributed by atoms with van der Waals surface area (Å²) in [5, 5.41) is 0. The molecule has 1 heterocycles. The van der Waals surface area contributed by atoms with Crippen molar-refractivity contribution in [2.45, 2.75) is 58.0 Å². The lowest BCUT2D eigenvalue weighted by Crippen LogP contribution is -2.41. The zero-order valence-electron chi connectivity index (χ0n) is 13.4. The SMILES string of the molecule is CCOC(=O)C1C(=O)C2=C(CC1C)OC1(C=C2)CCCCC1. The summed E-state index contributed by atoms with van der Waals surface area (Å²) in [7, 11) is 0. The number of esters is 1. The molecule has 1 spiro atoms. The van der Waals surface area contributed by atoms with Crippen molar-refractivity contribution in [2.24, 2.45) is 11.8 Å². The van der Waals surface area contributed by atoms with E-state index in [2.05, 4.69) is 0 Å². The number of hydrogen-bond acceptors (Lipinski definition) is 4. The van der Waals surface area contributed by atoms with E-state index in [1.165, 1.54) is 19.3 Å². The zero-order chi connectivity index (χ0) is 15.7. The van der Waals surface area contributed by atoms with Gasteiger partial charge in [-0.15, -0.1) is 0 Å². The third kappa shape index (κ3) is 2.59. The summed E-state index contributed by atoms with van der Waals surface area (Å²) in [6.45, 7) is 3.99. The van der Waals surface area contributed by atoms with Crippen molar-refractivity contribution in [3.05, 3.63) is 23.5 Å². The minimum absolute atomic E-state index is 0.0718. The maximum absolute atomic E-state index is 12.7. The van der Waals surface area contributed by atoms with Crippen LogP contribution in [-0.4, -0.2) is 24.0 Å². The number of carbonyl (C=O) groups excluding carboxylic acids is 2. The van der Waals surface area contributed by atoms with E-state index in [1.807, 2.05) is 19.1 Å². The molecule has 1 saturated carbocycles. The van der Waals surface area contributed by atoms with Crippen LogP contribution in [-0.2, 0) is 19.1 Å². The van der Waals surface area contributed by atoms with Crippen molar-refractivity contribution in [3.8, 4) is 0 Å². The molecule has 0 radical (unpaired) electrons. The van der Waals surface area contributed by atoms with E-state index in [-0.39, 0.29) is 17.3 Å². The number of allylic oxidation sites excluding steroid dienone is 3. The van der Waals surface area contributed by atoms with E-state index in [9.17, 15) is 9.59 Å². The molecular weight excluding hydrogens is 280 g/mol. The van der Waals surface area contributed by atoms with Crippen molar-refractivity contribution < 1.29 is 19.1 Å². The highest BCUT2D eigenvalue weighted by Crippen LogP contribution is 2.43. The van der Waals surface area contributed by atoms with Crippen LogP contribution >= 0.6 is 0 Å². The van der Waals surface area contributed by atoms with E-state index in [4.69, 9.17) is 9.47 Å². The lowest BCUT2D eigenvalue weighted by atomic mass is 9.75. The minimum Gasteiger partial charge on any atom is -0.487 e. The molecule has 4 heteroatoms. The first kappa shape index (κ1) is 15.3. The van der Waals surface area contributed by atoms with Crippen LogP contribution in [0.4, 0.5) is 0 Å². The number of rotatable bonds is 2. The van der Waals surface area contributed by atoms with E-state index in [0.717, 1.165) is 18.6 Å². The van der Waals surface area contributed by atoms with Crippen molar-refractivity contribution in [1.82, 2.24) is 0 Å². The number of ether oxygens (including phenoxy) is 2. The zero-order valence-corrected chi connectivity index (χ0v) is 13.4. The van der Waals surface area contributed by atoms with Crippen LogP contribution in [0.25, 0.3) is 0 Å². The maximum atomic E-state index is 12.7. The summed E-state index contributed by atoms with van der Waals surface area (Å²) in [5.74, 6) is -0.528. The van der Waals surface area contributed by atoms with Gasteiger partial charge >= 0.3 is 5.97 Å². The Morgan fingerprint density at radius 3 is 2.77 bits per heavy atom. The summed E-state index contributed by atoms with van der Waals surface area (Å²) >= 11 is 0. The molecule has 2 aliphatic carbocycles. The van der Waals surface area contributed by atoms with Gasteiger partial charge < -0.3 is 9.47 Å². The van der Waals surface area contributed by atoms with Crippen LogP contribution < -0.4 is 0 Å². The number of ketones is 1. The van der Waals surface area contributed by atoms with Crippen LogP contribution in [0.3, 0.4) is 0 Å². The molecule has 2 atom stereocenters. The predicted molar refractivity (Wildman–Crippen MR) is 82.0 cm³/mol. The molecule has 1 fully saturated rings. The number of hydrogen-bond donors (Lipinski definition) is 0. The van der Waals surface area contributed by atoms with Crippen LogP contribution in [0.15, 0.2) is 23.5 Å². The van der Waals surface area contributed by atoms with Crippen molar-refractivity contribution in [1.29, 1.82) is 0 Å². The molecule has 4 nitrogen and oxygen atoms in total. The van der Waals surface area contributed by atoms with E-state index in [1.54, 1.807) is 6.92 Å². The van der Waals surface area contributed by atoms with Crippen LogP contribution in [0, 0.1) is 11.8 Å². The Bertz CT molecular complexity index is 537. The van der Waals surface area contributed by atoms with Gasteiger partial charge in [0.1, 0.15) is 17.3 Å². The predicted octanol–water partition coefficient (Wildman–Crippen LogP) is 3.32. The molecule has 1 aliphatic heterocycles. The fraction of sp³-hybridized carbons (Fsp3) is 0.667. The fourth-order valence-electron chi connectivity index (χ4n) is 3.86. The molecule has 0 aromatic heterocycles. The van der Waals surface area contributed by atoms with Gasteiger partial charge in [0.05, 0.1) is 12.2 Å². The first-order valence-electron chi connectivity index (χ1n) is 8.38. The van der Waals surface area contributed by atoms with Crippen molar-refractivity contribution >= 4 is 11.8 Å². The largest absolute Gasteiger partial charge is 0.487 e. The normalized spacial score (nSPS) is 30.0. The quantitative estimate of drug-likeness (QED) is 0.580. The molecule has 22 heavy (non-hydrogen) atoms. The Balaban J connectivity index is 1.83. The van der Waals surface area contributed by atoms with Crippen LogP contribution in [0.1, 0.15) is 52.4 Å². The Morgan fingerprint density at radius 1 is 1.36 bits per heavy atom. The molecule has 0 N–H and O–H groups in total. The van der Waals surface area contributed by atoms with Gasteiger partial charge in [0.2, 0.25) is 0 Å². The highest BCUT2D eigenvalue weighted by molar-refractivity contribution is 6.11. The summed E-state index contributed by atoms with van der Waals surface area (Å²) in [6.07, 6.45) is 10.2. The second-order valence-corrected chi connectivity index (χ2v) is 6.67. The molecule has 0 aromatic rings. The third-order valence-corrected chi connectivity index (χ3v) is 5.05. The molecular formula is C18H24O4. The van der Waals surface area contributed by atoms with Gasteiger partial charge in [-0.2, -0.15) is 0 Å². The molecule has 0 aromatic carbocycles. The van der Waals surface area contributed by atoms with Crippen LogP contribution in [0.5, 0.6) is 0 Å². The first-order valence-corrected chi connectivity index (χ1v) is 8.38. The Hall–Kier alpha value is -1.58. The van der Waals surface area contributed by atoms with Gasteiger partial charge in [0.25, 0.3) is 0 Å². The van der Waals surface area contributed by atoms with Crippen molar-refractivity contribution in [2.75, 3.05) is 6.61 Å². The lowest BCUT2D eigenvalue weighted by Gasteiger charge is -2.41. The summed E-state index contributed by atoms with van der Waals surface area (Å²) in [5.41, 5.74) is 0.362. The maximum Gasteiger partial charge on any atom is 0.317 e. The highest BCUT2D eigenvalue weighted by Gasteiger charge is 2.44. The Morgan fingerprint density at radius 2 is 2.09 bits per heavy atom. The molecule has 0 saturated heterocycles. The summed E-state index contributed by atoms with van der Waals surface area (Å²) < 4.78 is 11.3. The van der Waals surface area contributed by atoms with Crippen molar-refractivity contribution in [3.63, 3.8) is 0 Å². The minimum atomic E-state index is -0.688. The van der Waals surface area contributed by atoms with Gasteiger partial charge in [-0.05, 0) is 50.7 Å². The van der Waals surface area contributed by atoms with E-state index in [0.29, 0.717) is 18.6 Å².